The molecule has 7 heteroatoms. The lowest BCUT2D eigenvalue weighted by Crippen LogP contribution is -2.44. The number of likely N-dealkylation sites (tertiary alicyclic amines) is 1. The van der Waals surface area contributed by atoms with Gasteiger partial charge in [-0.25, -0.2) is 9.59 Å². The molecule has 1 aliphatic rings. The van der Waals surface area contributed by atoms with Gasteiger partial charge in [0.05, 0.1) is 10.8 Å². The molecule has 7 nitrogen and oxygen atoms in total. The zero-order chi connectivity index (χ0) is 21.5. The molecular weight excluding hydrogens is 386 g/mol. The van der Waals surface area contributed by atoms with Gasteiger partial charge in [-0.3, -0.25) is 9.69 Å². The predicted octanol–water partition coefficient (Wildman–Crippen LogP) is 4.25. The van der Waals surface area contributed by atoms with Gasteiger partial charge in [-0.15, -0.1) is 0 Å². The zero-order valence-electron chi connectivity index (χ0n) is 17.1. The van der Waals surface area contributed by atoms with Crippen molar-refractivity contribution in [2.75, 3.05) is 6.54 Å². The number of fused-ring (bicyclic) bond motifs is 2. The van der Waals surface area contributed by atoms with Gasteiger partial charge in [-0.2, -0.15) is 0 Å². The Labute approximate surface area is 173 Å². The van der Waals surface area contributed by atoms with Crippen molar-refractivity contribution in [1.29, 1.82) is 0 Å². The van der Waals surface area contributed by atoms with E-state index in [9.17, 15) is 14.4 Å². The molecule has 2 heterocycles. The second kappa shape index (κ2) is 7.48. The number of amides is 1. The Hall–Kier alpha value is -3.35. The van der Waals surface area contributed by atoms with Crippen LogP contribution in [-0.4, -0.2) is 35.2 Å². The molecule has 2 aromatic carbocycles. The number of rotatable bonds is 2. The van der Waals surface area contributed by atoms with Crippen LogP contribution in [0.5, 0.6) is 5.75 Å². The van der Waals surface area contributed by atoms with Crippen molar-refractivity contribution in [3.05, 3.63) is 52.7 Å². The highest BCUT2D eigenvalue weighted by atomic mass is 16.6. The minimum Gasteiger partial charge on any atom is -0.456 e. The van der Waals surface area contributed by atoms with Crippen molar-refractivity contribution < 1.29 is 23.5 Å². The highest BCUT2D eigenvalue weighted by Gasteiger charge is 2.37. The lowest BCUT2D eigenvalue weighted by Gasteiger charge is -2.27. The van der Waals surface area contributed by atoms with Crippen LogP contribution >= 0.6 is 0 Å². The van der Waals surface area contributed by atoms with Gasteiger partial charge in [0, 0.05) is 12.6 Å². The molecule has 4 rings (SSSR count). The van der Waals surface area contributed by atoms with Crippen molar-refractivity contribution in [2.45, 2.75) is 45.3 Å². The van der Waals surface area contributed by atoms with Gasteiger partial charge in [-0.1, -0.05) is 12.1 Å². The highest BCUT2D eigenvalue weighted by molar-refractivity contribution is 5.91. The maximum atomic E-state index is 12.7. The van der Waals surface area contributed by atoms with E-state index in [1.807, 2.05) is 0 Å². The van der Waals surface area contributed by atoms with Crippen molar-refractivity contribution in [3.8, 4) is 5.75 Å². The molecular formula is C23H23NO6. The Kier molecular flexibility index (Phi) is 4.97. The van der Waals surface area contributed by atoms with E-state index in [0.717, 1.165) is 0 Å². The summed E-state index contributed by atoms with van der Waals surface area (Å²) in [6.07, 6.45) is 0.668. The van der Waals surface area contributed by atoms with Crippen molar-refractivity contribution in [1.82, 2.24) is 4.90 Å². The summed E-state index contributed by atoms with van der Waals surface area (Å²) in [5.41, 5.74) is 0.00804. The zero-order valence-corrected chi connectivity index (χ0v) is 17.1. The fourth-order valence-electron chi connectivity index (χ4n) is 3.58. The highest BCUT2D eigenvalue weighted by Crippen LogP contribution is 2.26. The number of hydrogen-bond donors (Lipinski definition) is 0. The molecule has 0 aliphatic carbocycles. The molecule has 0 bridgehead atoms. The van der Waals surface area contributed by atoms with E-state index >= 15 is 0 Å². The summed E-state index contributed by atoms with van der Waals surface area (Å²) in [7, 11) is 0. The van der Waals surface area contributed by atoms with Gasteiger partial charge in [0.1, 0.15) is 28.6 Å². The fourth-order valence-corrected chi connectivity index (χ4v) is 3.58. The topological polar surface area (TPSA) is 86.0 Å². The monoisotopic (exact) mass is 409 g/mol. The van der Waals surface area contributed by atoms with Gasteiger partial charge in [-0.05, 0) is 57.9 Å². The van der Waals surface area contributed by atoms with Crippen LogP contribution in [0.3, 0.4) is 0 Å². The van der Waals surface area contributed by atoms with E-state index in [0.29, 0.717) is 41.3 Å². The summed E-state index contributed by atoms with van der Waals surface area (Å²) in [5.74, 6) is -0.289. The van der Waals surface area contributed by atoms with E-state index in [-0.39, 0.29) is 11.2 Å². The summed E-state index contributed by atoms with van der Waals surface area (Å²) >= 11 is 0. The first-order valence-electron chi connectivity index (χ1n) is 9.90. The molecule has 3 aromatic rings. The number of carbonyl (C=O) groups is 2. The molecule has 156 valence electrons. The molecule has 1 saturated heterocycles. The standard InChI is InChI=1S/C23H23NO6/c1-23(2,3)30-22(27)24-12-6-8-17(24)21(26)28-14-10-11-16-19(13-14)29-18-9-5-4-7-15(18)20(16)25/h4-5,7,9-11,13,17H,6,8,12H2,1-3H3/t17-/m0/s1. The second-order valence-corrected chi connectivity index (χ2v) is 8.34. The van der Waals surface area contributed by atoms with Crippen LogP contribution in [0.1, 0.15) is 33.6 Å². The molecule has 1 aliphatic heterocycles. The number of hydrogen-bond acceptors (Lipinski definition) is 6. The van der Waals surface area contributed by atoms with Crippen LogP contribution in [0.15, 0.2) is 51.7 Å². The average Bonchev–Trinajstić information content (AvgIpc) is 3.17. The Bertz CT molecular complexity index is 1190. The molecule has 1 amide bonds. The number of para-hydroxylation sites is 1. The van der Waals surface area contributed by atoms with E-state index in [4.69, 9.17) is 13.9 Å². The Morgan fingerprint density at radius 3 is 2.57 bits per heavy atom. The second-order valence-electron chi connectivity index (χ2n) is 8.34. The number of esters is 1. The molecule has 1 atom stereocenters. The Balaban J connectivity index is 1.57. The van der Waals surface area contributed by atoms with Gasteiger partial charge in [0.2, 0.25) is 5.43 Å². The van der Waals surface area contributed by atoms with Crippen molar-refractivity contribution in [2.24, 2.45) is 0 Å². The molecule has 1 fully saturated rings. The summed E-state index contributed by atoms with van der Waals surface area (Å²) < 4.78 is 16.7. The normalized spacial score (nSPS) is 16.8. The van der Waals surface area contributed by atoms with Crippen LogP contribution in [0.25, 0.3) is 21.9 Å². The summed E-state index contributed by atoms with van der Waals surface area (Å²) in [5, 5.41) is 0.901. The number of ether oxygens (including phenoxy) is 2. The van der Waals surface area contributed by atoms with Crippen molar-refractivity contribution in [3.63, 3.8) is 0 Å². The maximum Gasteiger partial charge on any atom is 0.411 e. The maximum absolute atomic E-state index is 12.7. The van der Waals surface area contributed by atoms with E-state index < -0.39 is 23.7 Å². The third-order valence-corrected chi connectivity index (χ3v) is 4.92. The smallest absolute Gasteiger partial charge is 0.411 e. The lowest BCUT2D eigenvalue weighted by atomic mass is 10.1. The Morgan fingerprint density at radius 2 is 1.80 bits per heavy atom. The minimum absolute atomic E-state index is 0.142. The quantitative estimate of drug-likeness (QED) is 0.357. The molecule has 0 N–H and O–H groups in total. The van der Waals surface area contributed by atoms with Crippen LogP contribution in [0.4, 0.5) is 4.79 Å². The van der Waals surface area contributed by atoms with Crippen LogP contribution < -0.4 is 10.2 Å². The third kappa shape index (κ3) is 3.87. The average molecular weight is 409 g/mol. The van der Waals surface area contributed by atoms with E-state index in [1.54, 1.807) is 57.2 Å². The fraction of sp³-hybridized carbons (Fsp3) is 0.348. The Morgan fingerprint density at radius 1 is 1.07 bits per heavy atom. The van der Waals surface area contributed by atoms with Gasteiger partial charge in [0.25, 0.3) is 0 Å². The first-order chi connectivity index (χ1) is 14.2. The molecule has 0 saturated carbocycles. The molecule has 30 heavy (non-hydrogen) atoms. The van der Waals surface area contributed by atoms with Gasteiger partial charge >= 0.3 is 12.1 Å². The van der Waals surface area contributed by atoms with Crippen LogP contribution in [0, 0.1) is 0 Å². The summed E-state index contributed by atoms with van der Waals surface area (Å²) in [6.45, 7) is 5.77. The van der Waals surface area contributed by atoms with Crippen LogP contribution in [-0.2, 0) is 9.53 Å². The first-order valence-corrected chi connectivity index (χ1v) is 9.90. The summed E-state index contributed by atoms with van der Waals surface area (Å²) in [6, 6.07) is 10.9. The molecule has 0 unspecified atom stereocenters. The largest absolute Gasteiger partial charge is 0.456 e. The number of carbonyl (C=O) groups excluding carboxylic acids is 2. The number of benzene rings is 2. The van der Waals surface area contributed by atoms with E-state index in [2.05, 4.69) is 0 Å². The predicted molar refractivity (Wildman–Crippen MR) is 112 cm³/mol. The number of nitrogens with zero attached hydrogens (tertiary/aromatic N) is 1. The minimum atomic E-state index is -0.709. The summed E-state index contributed by atoms with van der Waals surface area (Å²) in [4.78, 5) is 39.2. The van der Waals surface area contributed by atoms with E-state index in [1.165, 1.54) is 11.0 Å². The third-order valence-electron chi connectivity index (χ3n) is 4.92. The van der Waals surface area contributed by atoms with Crippen molar-refractivity contribution >= 4 is 34.0 Å². The van der Waals surface area contributed by atoms with Crippen LogP contribution in [0.2, 0.25) is 0 Å². The van der Waals surface area contributed by atoms with Gasteiger partial charge in [0.15, 0.2) is 0 Å². The molecule has 0 radical (unpaired) electrons. The molecule has 0 spiro atoms. The SMILES string of the molecule is CC(C)(C)OC(=O)N1CCC[C@H]1C(=O)Oc1ccc2c(=O)c3ccccc3oc2c1. The van der Waals surface area contributed by atoms with Gasteiger partial charge < -0.3 is 13.9 Å². The lowest BCUT2D eigenvalue weighted by molar-refractivity contribution is -0.139. The first kappa shape index (κ1) is 19.9. The molecule has 1 aromatic heterocycles.